The van der Waals surface area contributed by atoms with Gasteiger partial charge in [0, 0.05) is 6.42 Å². The molecule has 4 heteroatoms. The number of benzene rings is 2. The van der Waals surface area contributed by atoms with Crippen molar-refractivity contribution < 1.29 is 4.79 Å². The molecule has 1 aliphatic rings. The van der Waals surface area contributed by atoms with Gasteiger partial charge in [-0.3, -0.25) is 4.79 Å². The lowest BCUT2D eigenvalue weighted by atomic mass is 9.89. The van der Waals surface area contributed by atoms with Gasteiger partial charge in [-0.05, 0) is 34.7 Å². The van der Waals surface area contributed by atoms with Crippen LogP contribution in [0.5, 0.6) is 0 Å². The predicted molar refractivity (Wildman–Crippen MR) is 89.4 cm³/mol. The van der Waals surface area contributed by atoms with Crippen molar-refractivity contribution in [2.45, 2.75) is 19.4 Å². The molecule has 1 unspecified atom stereocenters. The summed E-state index contributed by atoms with van der Waals surface area (Å²) < 4.78 is 1.85. The van der Waals surface area contributed by atoms with Crippen LogP contribution in [0.25, 0.3) is 10.8 Å². The quantitative estimate of drug-likeness (QED) is 0.697. The largest absolute Gasteiger partial charge is 0.292 e. The van der Waals surface area contributed by atoms with Crippen LogP contribution in [0, 0.1) is 5.92 Å². The molecule has 0 bridgehead atoms. The summed E-state index contributed by atoms with van der Waals surface area (Å²) in [5.41, 5.74) is 2.62. The van der Waals surface area contributed by atoms with Crippen molar-refractivity contribution in [3.63, 3.8) is 0 Å². The van der Waals surface area contributed by atoms with Gasteiger partial charge in [-0.15, -0.1) is 11.7 Å². The molecule has 114 valence electrons. The van der Waals surface area contributed by atoms with Crippen LogP contribution in [0.1, 0.15) is 28.2 Å². The molecule has 1 aromatic heterocycles. The summed E-state index contributed by atoms with van der Waals surface area (Å²) in [4.78, 5) is 12.1. The second kappa shape index (κ2) is 5.47. The number of aromatic nitrogens is 3. The average molecular weight is 303 g/mol. The number of Topliss-reactive ketones (excluding diaryl/α,β-unsaturated/α-hetero) is 1. The summed E-state index contributed by atoms with van der Waals surface area (Å²) in [6, 6.07) is 14.7. The predicted octanol–water partition coefficient (Wildman–Crippen LogP) is 3.41. The fraction of sp³-hybridized carbons (Fsp3) is 0.211. The van der Waals surface area contributed by atoms with Crippen molar-refractivity contribution in [2.75, 3.05) is 0 Å². The zero-order chi connectivity index (χ0) is 15.8. The van der Waals surface area contributed by atoms with Crippen LogP contribution in [-0.4, -0.2) is 20.8 Å². The van der Waals surface area contributed by atoms with Crippen LogP contribution < -0.4 is 0 Å². The fourth-order valence-corrected chi connectivity index (χ4v) is 3.21. The smallest absolute Gasteiger partial charge is 0.185 e. The van der Waals surface area contributed by atoms with E-state index in [1.54, 1.807) is 0 Å². The number of hydrogen-bond donors (Lipinski definition) is 0. The Bertz CT molecular complexity index is 910. The van der Waals surface area contributed by atoms with Crippen molar-refractivity contribution in [3.05, 3.63) is 72.1 Å². The minimum Gasteiger partial charge on any atom is -0.292 e. The molecule has 0 aliphatic heterocycles. The maximum absolute atomic E-state index is 12.1. The molecule has 0 amide bonds. The van der Waals surface area contributed by atoms with E-state index in [1.807, 2.05) is 22.9 Å². The maximum Gasteiger partial charge on any atom is 0.185 e. The molecule has 4 nitrogen and oxygen atoms in total. The van der Waals surface area contributed by atoms with Crippen LogP contribution in [0.3, 0.4) is 0 Å². The van der Waals surface area contributed by atoms with Gasteiger partial charge >= 0.3 is 0 Å². The molecule has 23 heavy (non-hydrogen) atoms. The second-order valence-electron chi connectivity index (χ2n) is 6.05. The Balaban J connectivity index is 1.69. The number of nitrogens with zero attached hydrogens (tertiary/aromatic N) is 3. The SMILES string of the molecule is C=CC1CC(=O)c2nnn(Cc3ccc4ccccc4c3)c2C1. The lowest BCUT2D eigenvalue weighted by Crippen LogP contribution is -2.21. The highest BCUT2D eigenvalue weighted by atomic mass is 16.1. The van der Waals surface area contributed by atoms with E-state index < -0.39 is 0 Å². The van der Waals surface area contributed by atoms with Gasteiger partial charge in [-0.2, -0.15) is 0 Å². The third kappa shape index (κ3) is 2.46. The van der Waals surface area contributed by atoms with Gasteiger partial charge in [0.15, 0.2) is 11.5 Å². The van der Waals surface area contributed by atoms with E-state index in [1.165, 1.54) is 10.8 Å². The molecule has 0 fully saturated rings. The summed E-state index contributed by atoms with van der Waals surface area (Å²) in [6.07, 6.45) is 3.13. The number of rotatable bonds is 3. The lowest BCUT2D eigenvalue weighted by Gasteiger charge is -2.18. The topological polar surface area (TPSA) is 47.8 Å². The molecule has 0 N–H and O–H groups in total. The minimum atomic E-state index is 0.0703. The van der Waals surface area contributed by atoms with Gasteiger partial charge in [0.25, 0.3) is 0 Å². The Hall–Kier alpha value is -2.75. The van der Waals surface area contributed by atoms with Crippen molar-refractivity contribution >= 4 is 16.6 Å². The van der Waals surface area contributed by atoms with E-state index in [4.69, 9.17) is 0 Å². The Kier molecular flexibility index (Phi) is 3.30. The first-order chi connectivity index (χ1) is 11.2. The van der Waals surface area contributed by atoms with E-state index in [0.717, 1.165) is 17.7 Å². The summed E-state index contributed by atoms with van der Waals surface area (Å²) >= 11 is 0. The molecular weight excluding hydrogens is 286 g/mol. The Labute approximate surface area is 134 Å². The molecular formula is C19H17N3O. The molecule has 1 atom stereocenters. The molecule has 4 rings (SSSR count). The standard InChI is InChI=1S/C19H17N3O/c1-2-13-10-17-19(18(23)11-13)20-21-22(17)12-14-7-8-15-5-3-4-6-16(15)9-14/h2-9,13H,1,10-12H2. The van der Waals surface area contributed by atoms with Crippen LogP contribution in [0.15, 0.2) is 55.1 Å². The fourth-order valence-electron chi connectivity index (χ4n) is 3.21. The van der Waals surface area contributed by atoms with Crippen molar-refractivity contribution in [2.24, 2.45) is 5.92 Å². The maximum atomic E-state index is 12.1. The molecule has 1 aliphatic carbocycles. The molecule has 0 saturated heterocycles. The number of carbonyl (C=O) groups is 1. The van der Waals surface area contributed by atoms with Crippen molar-refractivity contribution in [1.82, 2.24) is 15.0 Å². The molecule has 0 saturated carbocycles. The number of hydrogen-bond acceptors (Lipinski definition) is 3. The van der Waals surface area contributed by atoms with Gasteiger partial charge in [0.1, 0.15) is 0 Å². The number of carbonyl (C=O) groups excluding carboxylic acids is 1. The Morgan fingerprint density at radius 1 is 1.17 bits per heavy atom. The van der Waals surface area contributed by atoms with Crippen LogP contribution in [0.2, 0.25) is 0 Å². The second-order valence-corrected chi connectivity index (χ2v) is 6.05. The molecule has 0 radical (unpaired) electrons. The van der Waals surface area contributed by atoms with Gasteiger partial charge < -0.3 is 0 Å². The third-order valence-electron chi connectivity index (χ3n) is 4.48. The third-order valence-corrected chi connectivity index (χ3v) is 4.48. The average Bonchev–Trinajstić information content (AvgIpc) is 2.98. The zero-order valence-corrected chi connectivity index (χ0v) is 12.8. The summed E-state index contributed by atoms with van der Waals surface area (Å²) in [5.74, 6) is 0.254. The number of fused-ring (bicyclic) bond motifs is 2. The highest BCUT2D eigenvalue weighted by Crippen LogP contribution is 2.25. The highest BCUT2D eigenvalue weighted by Gasteiger charge is 2.28. The van der Waals surface area contributed by atoms with Gasteiger partial charge in [-0.1, -0.05) is 47.7 Å². The van der Waals surface area contributed by atoms with E-state index in [0.29, 0.717) is 18.7 Å². The van der Waals surface area contributed by atoms with E-state index in [-0.39, 0.29) is 11.7 Å². The Morgan fingerprint density at radius 2 is 2.00 bits per heavy atom. The van der Waals surface area contributed by atoms with Crippen molar-refractivity contribution in [1.29, 1.82) is 0 Å². The molecule has 2 aromatic carbocycles. The number of ketones is 1. The van der Waals surface area contributed by atoms with Crippen LogP contribution in [0.4, 0.5) is 0 Å². The normalized spacial score (nSPS) is 17.2. The first-order valence-electron chi connectivity index (χ1n) is 7.80. The van der Waals surface area contributed by atoms with E-state index in [9.17, 15) is 4.79 Å². The summed E-state index contributed by atoms with van der Waals surface area (Å²) in [5, 5.41) is 10.7. The summed E-state index contributed by atoms with van der Waals surface area (Å²) in [6.45, 7) is 4.45. The monoisotopic (exact) mass is 303 g/mol. The van der Waals surface area contributed by atoms with Crippen molar-refractivity contribution in [3.8, 4) is 0 Å². The van der Waals surface area contributed by atoms with Gasteiger partial charge in [0.2, 0.25) is 0 Å². The van der Waals surface area contributed by atoms with Gasteiger partial charge in [0.05, 0.1) is 12.2 Å². The zero-order valence-electron chi connectivity index (χ0n) is 12.8. The molecule has 3 aromatic rings. The first-order valence-corrected chi connectivity index (χ1v) is 7.80. The number of allylic oxidation sites excluding steroid dienone is 1. The minimum absolute atomic E-state index is 0.0703. The van der Waals surface area contributed by atoms with Crippen LogP contribution in [-0.2, 0) is 13.0 Å². The lowest BCUT2D eigenvalue weighted by molar-refractivity contribution is 0.0953. The molecule has 0 spiro atoms. The van der Waals surface area contributed by atoms with Gasteiger partial charge in [-0.25, -0.2) is 4.68 Å². The van der Waals surface area contributed by atoms with E-state index >= 15 is 0 Å². The Morgan fingerprint density at radius 3 is 2.83 bits per heavy atom. The molecule has 1 heterocycles. The van der Waals surface area contributed by atoms with E-state index in [2.05, 4.69) is 47.2 Å². The first kappa shape index (κ1) is 13.9. The highest BCUT2D eigenvalue weighted by molar-refractivity contribution is 5.96. The van der Waals surface area contributed by atoms with Crippen LogP contribution >= 0.6 is 0 Å². The summed E-state index contributed by atoms with van der Waals surface area (Å²) in [7, 11) is 0.